The normalized spacial score (nSPS) is 13.0. The van der Waals surface area contributed by atoms with Crippen LogP contribution < -0.4 is 5.73 Å². The van der Waals surface area contributed by atoms with E-state index in [-0.39, 0.29) is 12.3 Å². The minimum atomic E-state index is -1.62. The van der Waals surface area contributed by atoms with E-state index in [9.17, 15) is 4.79 Å². The van der Waals surface area contributed by atoms with E-state index in [0.717, 1.165) is 25.7 Å². The molecule has 0 rings (SSSR count). The standard InChI is InChI=1S/C21H41NO3/c1-2-3-4-5-6-7-8-9-10-11-12-13-14-15-16-17-20(23)19(18-22)21(24)25/h9-10,19,21,24-25H,2-8,11-18,22H2,1H3/b10-9-. The third kappa shape index (κ3) is 15.3. The zero-order valence-corrected chi connectivity index (χ0v) is 16.3. The summed E-state index contributed by atoms with van der Waals surface area (Å²) in [5, 5.41) is 18.1. The van der Waals surface area contributed by atoms with Crippen LogP contribution in [0.4, 0.5) is 0 Å². The van der Waals surface area contributed by atoms with Crippen LogP contribution in [0.3, 0.4) is 0 Å². The number of hydrogen-bond acceptors (Lipinski definition) is 4. The molecule has 0 saturated carbocycles. The molecule has 0 aromatic rings. The Morgan fingerprint density at radius 1 is 0.840 bits per heavy atom. The molecule has 0 bridgehead atoms. The van der Waals surface area contributed by atoms with E-state index < -0.39 is 12.2 Å². The number of aliphatic hydroxyl groups excluding tert-OH is 1. The molecule has 0 heterocycles. The van der Waals surface area contributed by atoms with Crippen LogP contribution >= 0.6 is 0 Å². The Hall–Kier alpha value is -0.710. The van der Waals surface area contributed by atoms with Gasteiger partial charge in [0.15, 0.2) is 6.29 Å². The van der Waals surface area contributed by atoms with Crippen LogP contribution in [0.5, 0.6) is 0 Å². The van der Waals surface area contributed by atoms with Crippen molar-refractivity contribution in [3.63, 3.8) is 0 Å². The summed E-state index contributed by atoms with van der Waals surface area (Å²) in [7, 11) is 0. The fourth-order valence-electron chi connectivity index (χ4n) is 2.97. The zero-order chi connectivity index (χ0) is 18.8. The zero-order valence-electron chi connectivity index (χ0n) is 16.3. The number of ketones is 1. The minimum Gasteiger partial charge on any atom is -0.367 e. The largest absolute Gasteiger partial charge is 0.367 e. The van der Waals surface area contributed by atoms with Crippen molar-refractivity contribution in [3.8, 4) is 0 Å². The van der Waals surface area contributed by atoms with Gasteiger partial charge in [-0.05, 0) is 32.1 Å². The summed E-state index contributed by atoms with van der Waals surface area (Å²) in [5.41, 5.74) is 5.38. The number of nitrogens with two attached hydrogens (primary N) is 1. The summed E-state index contributed by atoms with van der Waals surface area (Å²) >= 11 is 0. The van der Waals surface area contributed by atoms with Crippen molar-refractivity contribution < 1.29 is 15.0 Å². The fraction of sp³-hybridized carbons (Fsp3) is 0.857. The number of carbonyl (C=O) groups is 1. The van der Waals surface area contributed by atoms with Crippen LogP contribution in [0.15, 0.2) is 12.2 Å². The molecule has 1 unspecified atom stereocenters. The van der Waals surface area contributed by atoms with Crippen molar-refractivity contribution >= 4 is 5.78 Å². The Morgan fingerprint density at radius 2 is 1.32 bits per heavy atom. The van der Waals surface area contributed by atoms with Gasteiger partial charge in [-0.3, -0.25) is 4.79 Å². The van der Waals surface area contributed by atoms with Gasteiger partial charge in [0, 0.05) is 13.0 Å². The lowest BCUT2D eigenvalue weighted by Gasteiger charge is -2.15. The van der Waals surface area contributed by atoms with Gasteiger partial charge in [-0.15, -0.1) is 0 Å². The average molecular weight is 356 g/mol. The van der Waals surface area contributed by atoms with Gasteiger partial charge in [0.25, 0.3) is 0 Å². The number of Topliss-reactive ketones (excluding diaryl/α,β-unsaturated/α-hetero) is 1. The number of aliphatic hydroxyl groups is 2. The van der Waals surface area contributed by atoms with Gasteiger partial charge >= 0.3 is 0 Å². The second kappa shape index (κ2) is 18.1. The second-order valence-electron chi connectivity index (χ2n) is 7.06. The van der Waals surface area contributed by atoms with Crippen LogP contribution in [0.1, 0.15) is 96.8 Å². The van der Waals surface area contributed by atoms with Crippen LogP contribution in [-0.2, 0) is 4.79 Å². The quantitative estimate of drug-likeness (QED) is 0.192. The predicted molar refractivity (Wildman–Crippen MR) is 105 cm³/mol. The van der Waals surface area contributed by atoms with Gasteiger partial charge in [-0.25, -0.2) is 0 Å². The van der Waals surface area contributed by atoms with Gasteiger partial charge in [0.1, 0.15) is 5.78 Å². The molecule has 0 spiro atoms. The lowest BCUT2D eigenvalue weighted by molar-refractivity contribution is -0.138. The second-order valence-corrected chi connectivity index (χ2v) is 7.06. The highest BCUT2D eigenvalue weighted by molar-refractivity contribution is 5.81. The third-order valence-corrected chi connectivity index (χ3v) is 4.71. The molecule has 25 heavy (non-hydrogen) atoms. The predicted octanol–water partition coefficient (Wildman–Crippen LogP) is 4.48. The molecule has 0 amide bonds. The van der Waals surface area contributed by atoms with Crippen LogP contribution in [-0.4, -0.2) is 28.8 Å². The first-order chi connectivity index (χ1) is 12.1. The Kier molecular flexibility index (Phi) is 17.6. The Labute approximate surface area is 154 Å². The van der Waals surface area contributed by atoms with Crippen molar-refractivity contribution in [1.29, 1.82) is 0 Å². The van der Waals surface area contributed by atoms with E-state index in [1.54, 1.807) is 0 Å². The Balaban J connectivity index is 3.36. The molecule has 1 atom stereocenters. The van der Waals surface area contributed by atoms with Crippen LogP contribution in [0.25, 0.3) is 0 Å². The molecule has 4 nitrogen and oxygen atoms in total. The molecular formula is C21H41NO3. The number of carbonyl (C=O) groups excluding carboxylic acids is 1. The molecule has 148 valence electrons. The molecule has 0 aliphatic rings. The maximum Gasteiger partial charge on any atom is 0.162 e. The van der Waals surface area contributed by atoms with E-state index in [1.165, 1.54) is 57.8 Å². The van der Waals surface area contributed by atoms with E-state index in [2.05, 4.69) is 19.1 Å². The van der Waals surface area contributed by atoms with Gasteiger partial charge in [0.05, 0.1) is 5.92 Å². The molecule has 4 heteroatoms. The summed E-state index contributed by atoms with van der Waals surface area (Å²) in [6.07, 6.45) is 19.3. The monoisotopic (exact) mass is 355 g/mol. The highest BCUT2D eigenvalue weighted by Gasteiger charge is 2.22. The van der Waals surface area contributed by atoms with Gasteiger partial charge in [-0.1, -0.05) is 70.4 Å². The first-order valence-electron chi connectivity index (χ1n) is 10.4. The van der Waals surface area contributed by atoms with E-state index in [0.29, 0.717) is 6.42 Å². The molecular weight excluding hydrogens is 314 g/mol. The van der Waals surface area contributed by atoms with Crippen LogP contribution in [0.2, 0.25) is 0 Å². The van der Waals surface area contributed by atoms with E-state index in [1.807, 2.05) is 0 Å². The Morgan fingerprint density at radius 3 is 1.80 bits per heavy atom. The summed E-state index contributed by atoms with van der Waals surface area (Å²) in [6, 6.07) is 0. The molecule has 0 saturated heterocycles. The third-order valence-electron chi connectivity index (χ3n) is 4.71. The smallest absolute Gasteiger partial charge is 0.162 e. The van der Waals surface area contributed by atoms with Crippen molar-refractivity contribution in [3.05, 3.63) is 12.2 Å². The first-order valence-corrected chi connectivity index (χ1v) is 10.4. The minimum absolute atomic E-state index is 0.00156. The molecule has 0 aliphatic heterocycles. The summed E-state index contributed by atoms with van der Waals surface area (Å²) in [6.45, 7) is 2.25. The lowest BCUT2D eigenvalue weighted by Crippen LogP contribution is -2.34. The SMILES string of the molecule is CCCCCCCC/C=C\CCCCCCCC(=O)C(CN)C(O)O. The maximum absolute atomic E-state index is 11.7. The van der Waals surface area contributed by atoms with Crippen LogP contribution in [0, 0.1) is 5.92 Å². The summed E-state index contributed by atoms with van der Waals surface area (Å²) in [5.74, 6) is -0.952. The molecule has 0 aromatic heterocycles. The molecule has 0 radical (unpaired) electrons. The van der Waals surface area contributed by atoms with E-state index >= 15 is 0 Å². The molecule has 0 fully saturated rings. The maximum atomic E-state index is 11.7. The lowest BCUT2D eigenvalue weighted by atomic mass is 9.98. The average Bonchev–Trinajstić information content (AvgIpc) is 2.58. The molecule has 0 aromatic carbocycles. The van der Waals surface area contributed by atoms with Crippen molar-refractivity contribution in [2.75, 3.05) is 6.54 Å². The summed E-state index contributed by atoms with van der Waals surface area (Å²) < 4.78 is 0. The van der Waals surface area contributed by atoms with E-state index in [4.69, 9.17) is 15.9 Å². The van der Waals surface area contributed by atoms with Crippen molar-refractivity contribution in [1.82, 2.24) is 0 Å². The Bertz CT molecular complexity index is 329. The molecule has 0 aliphatic carbocycles. The number of unbranched alkanes of at least 4 members (excludes halogenated alkanes) is 11. The number of hydrogen-bond donors (Lipinski definition) is 3. The topological polar surface area (TPSA) is 83.6 Å². The first kappa shape index (κ1) is 24.3. The van der Waals surface area contributed by atoms with Gasteiger partial charge in [-0.2, -0.15) is 0 Å². The fourth-order valence-corrected chi connectivity index (χ4v) is 2.97. The highest BCUT2D eigenvalue weighted by Crippen LogP contribution is 2.12. The highest BCUT2D eigenvalue weighted by atomic mass is 16.5. The summed E-state index contributed by atoms with van der Waals surface area (Å²) in [4.78, 5) is 11.7. The van der Waals surface area contributed by atoms with Crippen molar-refractivity contribution in [2.24, 2.45) is 11.7 Å². The van der Waals surface area contributed by atoms with Gasteiger partial charge < -0.3 is 15.9 Å². The van der Waals surface area contributed by atoms with Crippen molar-refractivity contribution in [2.45, 2.75) is 103 Å². The van der Waals surface area contributed by atoms with Gasteiger partial charge in [0.2, 0.25) is 0 Å². The number of rotatable bonds is 18. The number of allylic oxidation sites excluding steroid dienone is 2. The molecule has 4 N–H and O–H groups in total.